The molecule has 2 heterocycles. The highest BCUT2D eigenvalue weighted by atomic mass is 79.9. The van der Waals surface area contributed by atoms with E-state index in [9.17, 15) is 0 Å². The second kappa shape index (κ2) is 4.82. The smallest absolute Gasteiger partial charge is 0.147 e. The number of hydrogen-bond acceptors (Lipinski definition) is 3. The normalized spacial score (nSPS) is 20.9. The van der Waals surface area contributed by atoms with Crippen molar-refractivity contribution < 1.29 is 4.74 Å². The second-order valence-electron chi connectivity index (χ2n) is 5.35. The minimum absolute atomic E-state index is 0.0559. The summed E-state index contributed by atoms with van der Waals surface area (Å²) >= 11 is 9.64. The molecule has 1 saturated heterocycles. The zero-order chi connectivity index (χ0) is 12.6. The van der Waals surface area contributed by atoms with Crippen molar-refractivity contribution in [2.24, 2.45) is 0 Å². The molecule has 1 aromatic rings. The summed E-state index contributed by atoms with van der Waals surface area (Å²) in [4.78, 5) is 9.02. The quantitative estimate of drug-likeness (QED) is 0.740. The van der Waals surface area contributed by atoms with Gasteiger partial charge >= 0.3 is 0 Å². The fraction of sp³-hybridized carbons (Fsp3) is 0.667. The van der Waals surface area contributed by atoms with Crippen LogP contribution in [-0.2, 0) is 10.2 Å². The highest BCUT2D eigenvalue weighted by molar-refractivity contribution is 9.10. The first-order valence-corrected chi connectivity index (χ1v) is 6.88. The monoisotopic (exact) mass is 318 g/mol. The van der Waals surface area contributed by atoms with Gasteiger partial charge < -0.3 is 4.74 Å². The third-order valence-corrected chi connectivity index (χ3v) is 4.09. The van der Waals surface area contributed by atoms with Crippen LogP contribution >= 0.6 is 27.5 Å². The molecule has 0 saturated carbocycles. The van der Waals surface area contributed by atoms with E-state index in [1.54, 1.807) is 0 Å². The summed E-state index contributed by atoms with van der Waals surface area (Å²) in [7, 11) is 0. The van der Waals surface area contributed by atoms with Gasteiger partial charge in [-0.25, -0.2) is 9.97 Å². The van der Waals surface area contributed by atoms with Gasteiger partial charge in [0.25, 0.3) is 0 Å². The van der Waals surface area contributed by atoms with Gasteiger partial charge in [-0.15, -0.1) is 0 Å². The Bertz CT molecular complexity index is 425. The lowest BCUT2D eigenvalue weighted by molar-refractivity contribution is 0.193. The Morgan fingerprint density at radius 1 is 1.35 bits per heavy atom. The maximum Gasteiger partial charge on any atom is 0.147 e. The Morgan fingerprint density at radius 3 is 2.59 bits per heavy atom. The molecule has 1 fully saturated rings. The Hall–Kier alpha value is -0.190. The van der Waals surface area contributed by atoms with Crippen molar-refractivity contribution >= 4 is 27.5 Å². The lowest BCUT2D eigenvalue weighted by Gasteiger charge is -2.21. The largest absolute Gasteiger partial charge is 0.381 e. The number of aromatic nitrogens is 2. The van der Waals surface area contributed by atoms with Crippen LogP contribution in [0.25, 0.3) is 0 Å². The van der Waals surface area contributed by atoms with Crippen molar-refractivity contribution in [3.63, 3.8) is 0 Å². The lowest BCUT2D eigenvalue weighted by atomic mass is 9.91. The topological polar surface area (TPSA) is 35.0 Å². The molecule has 0 amide bonds. The summed E-state index contributed by atoms with van der Waals surface area (Å²) in [5.74, 6) is 1.09. The average molecular weight is 320 g/mol. The predicted octanol–water partition coefficient (Wildman–Crippen LogP) is 3.69. The molecule has 0 aliphatic carbocycles. The average Bonchev–Trinajstić information content (AvgIpc) is 2.73. The summed E-state index contributed by atoms with van der Waals surface area (Å²) in [5, 5.41) is 0.492. The SMILES string of the molecule is CC(C)(C)c1nc(C2CCOC2)nc(Cl)c1Br. The van der Waals surface area contributed by atoms with Crippen LogP contribution in [0.1, 0.15) is 44.6 Å². The number of rotatable bonds is 1. The van der Waals surface area contributed by atoms with Crippen molar-refractivity contribution in [3.8, 4) is 0 Å². The van der Waals surface area contributed by atoms with Crippen LogP contribution < -0.4 is 0 Å². The molecule has 3 nitrogen and oxygen atoms in total. The Balaban J connectivity index is 2.45. The zero-order valence-corrected chi connectivity index (χ0v) is 12.6. The van der Waals surface area contributed by atoms with E-state index in [1.807, 2.05) is 0 Å². The van der Waals surface area contributed by atoms with Crippen molar-refractivity contribution in [2.45, 2.75) is 38.5 Å². The molecule has 0 bridgehead atoms. The van der Waals surface area contributed by atoms with Gasteiger partial charge in [-0.2, -0.15) is 0 Å². The number of nitrogens with zero attached hydrogens (tertiary/aromatic N) is 2. The van der Waals surface area contributed by atoms with E-state index in [0.29, 0.717) is 11.8 Å². The Kier molecular flexibility index (Phi) is 3.76. The zero-order valence-electron chi connectivity index (χ0n) is 10.3. The van der Waals surface area contributed by atoms with Crippen LogP contribution in [0.4, 0.5) is 0 Å². The van der Waals surface area contributed by atoms with Crippen LogP contribution in [0.2, 0.25) is 5.15 Å². The van der Waals surface area contributed by atoms with E-state index in [4.69, 9.17) is 16.3 Å². The van der Waals surface area contributed by atoms with Gasteiger partial charge in [-0.3, -0.25) is 0 Å². The fourth-order valence-electron chi connectivity index (χ4n) is 1.85. The first-order chi connectivity index (χ1) is 7.89. The standard InChI is InChI=1S/C12H16BrClN2O/c1-12(2,3)9-8(13)10(14)16-11(15-9)7-4-5-17-6-7/h7H,4-6H2,1-3H3. The van der Waals surface area contributed by atoms with Gasteiger partial charge in [0.05, 0.1) is 16.8 Å². The summed E-state index contributed by atoms with van der Waals surface area (Å²) in [6, 6.07) is 0. The molecule has 0 radical (unpaired) electrons. The van der Waals surface area contributed by atoms with Crippen molar-refractivity contribution in [1.29, 1.82) is 0 Å². The molecule has 1 aliphatic heterocycles. The first-order valence-electron chi connectivity index (χ1n) is 5.70. The molecule has 1 atom stereocenters. The van der Waals surface area contributed by atoms with E-state index in [1.165, 1.54) is 0 Å². The number of halogens is 2. The molecular formula is C12H16BrClN2O. The van der Waals surface area contributed by atoms with Crippen molar-refractivity contribution in [2.75, 3.05) is 13.2 Å². The molecule has 1 aliphatic rings. The molecule has 0 N–H and O–H groups in total. The molecular weight excluding hydrogens is 304 g/mol. The fourth-order valence-corrected chi connectivity index (χ4v) is 2.80. The maximum absolute atomic E-state index is 6.16. The molecule has 2 rings (SSSR count). The van der Waals surface area contributed by atoms with Gasteiger partial charge in [0.2, 0.25) is 0 Å². The Morgan fingerprint density at radius 2 is 2.06 bits per heavy atom. The van der Waals surface area contributed by atoms with Gasteiger partial charge in [0, 0.05) is 17.9 Å². The predicted molar refractivity (Wildman–Crippen MR) is 71.6 cm³/mol. The minimum Gasteiger partial charge on any atom is -0.381 e. The molecule has 94 valence electrons. The van der Waals surface area contributed by atoms with Crippen LogP contribution in [0, 0.1) is 0 Å². The van der Waals surface area contributed by atoms with Crippen LogP contribution in [0.3, 0.4) is 0 Å². The summed E-state index contributed by atoms with van der Waals surface area (Å²) in [6.07, 6.45) is 0.974. The highest BCUT2D eigenvalue weighted by Gasteiger charge is 2.27. The van der Waals surface area contributed by atoms with Crippen LogP contribution in [-0.4, -0.2) is 23.2 Å². The van der Waals surface area contributed by atoms with E-state index >= 15 is 0 Å². The summed E-state index contributed by atoms with van der Waals surface area (Å²) in [5.41, 5.74) is 0.902. The maximum atomic E-state index is 6.16. The number of hydrogen-bond donors (Lipinski definition) is 0. The van der Waals surface area contributed by atoms with E-state index in [2.05, 4.69) is 46.7 Å². The van der Waals surface area contributed by atoms with Crippen LogP contribution in [0.5, 0.6) is 0 Å². The van der Waals surface area contributed by atoms with Crippen molar-refractivity contribution in [1.82, 2.24) is 9.97 Å². The molecule has 1 unspecified atom stereocenters. The molecule has 0 spiro atoms. The summed E-state index contributed by atoms with van der Waals surface area (Å²) in [6.45, 7) is 7.83. The van der Waals surface area contributed by atoms with E-state index < -0.39 is 0 Å². The van der Waals surface area contributed by atoms with Crippen LogP contribution in [0.15, 0.2) is 4.47 Å². The van der Waals surface area contributed by atoms with Gasteiger partial charge in [-0.1, -0.05) is 32.4 Å². The Labute approximate surface area is 115 Å². The highest BCUT2D eigenvalue weighted by Crippen LogP contribution is 2.34. The first kappa shape index (κ1) is 13.2. The molecule has 5 heteroatoms. The lowest BCUT2D eigenvalue weighted by Crippen LogP contribution is -2.18. The van der Waals surface area contributed by atoms with Crippen molar-refractivity contribution in [3.05, 3.63) is 21.1 Å². The third kappa shape index (κ3) is 2.80. The molecule has 17 heavy (non-hydrogen) atoms. The number of ether oxygens (including phenoxy) is 1. The minimum atomic E-state index is -0.0559. The van der Waals surface area contributed by atoms with Gasteiger partial charge in [0.1, 0.15) is 11.0 Å². The van der Waals surface area contributed by atoms with Gasteiger partial charge in [0.15, 0.2) is 0 Å². The summed E-state index contributed by atoms with van der Waals surface area (Å²) < 4.78 is 6.17. The second-order valence-corrected chi connectivity index (χ2v) is 6.50. The van der Waals surface area contributed by atoms with E-state index in [-0.39, 0.29) is 11.3 Å². The van der Waals surface area contributed by atoms with E-state index in [0.717, 1.165) is 29.0 Å². The molecule has 0 aromatic carbocycles. The third-order valence-electron chi connectivity index (χ3n) is 2.83. The molecule has 1 aromatic heterocycles. The van der Waals surface area contributed by atoms with Gasteiger partial charge in [-0.05, 0) is 22.4 Å².